The Labute approximate surface area is 272 Å². The molecule has 0 aliphatic heterocycles. The van der Waals surface area contributed by atoms with Crippen molar-refractivity contribution in [3.63, 3.8) is 0 Å². The van der Waals surface area contributed by atoms with Gasteiger partial charge in [0.2, 0.25) is 11.6 Å². The minimum Gasteiger partial charge on any atom is -0.340 e. The molecule has 48 heavy (non-hydrogen) atoms. The normalized spacial score (nSPS) is 12.1. The first-order valence-electron chi connectivity index (χ1n) is 15.5. The predicted molar refractivity (Wildman–Crippen MR) is 186 cm³/mol. The number of nitrogens with one attached hydrogen (secondary N) is 2. The van der Waals surface area contributed by atoms with Crippen LogP contribution in [0.15, 0.2) is 97.8 Å². The van der Waals surface area contributed by atoms with Crippen molar-refractivity contribution in [1.82, 2.24) is 52.6 Å². The Kier molecular flexibility index (Phi) is 5.30. The van der Waals surface area contributed by atoms with E-state index in [1.807, 2.05) is 117 Å². The predicted octanol–water partition coefficient (Wildman–Crippen LogP) is 6.41. The summed E-state index contributed by atoms with van der Waals surface area (Å²) < 4.78 is 10.1. The van der Waals surface area contributed by atoms with Crippen LogP contribution in [0, 0.1) is 6.92 Å². The number of aromatic nitrogens is 11. The van der Waals surface area contributed by atoms with Crippen molar-refractivity contribution in [3.05, 3.63) is 104 Å². The zero-order valence-corrected chi connectivity index (χ0v) is 26.2. The Morgan fingerprint density at radius 2 is 1.04 bits per heavy atom. The number of benzene rings is 2. The standard InChI is InChI=1S/C35H27N13/c1-20-38-34-42-32(46-18-36-23-8-4-10-25(30(23)46)40-27-12-6-16-44(27)2)21-14-15-22-29(21)48(34)35(39-20)43-33(22)47-19-37-24-9-5-11-26(31(24)47)41-28-13-7-17-45(28)3/h4-19,40-41H,1-3H3. The fourth-order valence-corrected chi connectivity index (χ4v) is 6.72. The highest BCUT2D eigenvalue weighted by atomic mass is 15.3. The van der Waals surface area contributed by atoms with Gasteiger partial charge < -0.3 is 19.8 Å². The minimum atomic E-state index is 0.506. The van der Waals surface area contributed by atoms with Crippen LogP contribution >= 0.6 is 0 Å². The molecule has 0 bridgehead atoms. The average molecular weight is 630 g/mol. The van der Waals surface area contributed by atoms with Crippen molar-refractivity contribution in [1.29, 1.82) is 0 Å². The molecule has 0 spiro atoms. The maximum Gasteiger partial charge on any atom is 0.240 e. The van der Waals surface area contributed by atoms with E-state index in [4.69, 9.17) is 29.9 Å². The molecule has 2 N–H and O–H groups in total. The molecule has 0 unspecified atom stereocenters. The van der Waals surface area contributed by atoms with E-state index in [0.29, 0.717) is 29.0 Å². The van der Waals surface area contributed by atoms with E-state index in [9.17, 15) is 0 Å². The van der Waals surface area contributed by atoms with Gasteiger partial charge in [0.1, 0.15) is 30.1 Å². The average Bonchev–Trinajstić information content (AvgIpc) is 3.92. The van der Waals surface area contributed by atoms with Crippen LogP contribution in [-0.2, 0) is 14.1 Å². The first-order valence-corrected chi connectivity index (χ1v) is 15.5. The molecule has 232 valence electrons. The summed E-state index contributed by atoms with van der Waals surface area (Å²) in [6, 6.07) is 24.4. The summed E-state index contributed by atoms with van der Waals surface area (Å²) in [4.78, 5) is 29.4. The van der Waals surface area contributed by atoms with Crippen LogP contribution in [0.4, 0.5) is 23.0 Å². The molecular weight excluding hydrogens is 602 g/mol. The second kappa shape index (κ2) is 9.62. The Hall–Kier alpha value is -6.76. The molecule has 0 aliphatic carbocycles. The lowest BCUT2D eigenvalue weighted by Crippen LogP contribution is -2.11. The van der Waals surface area contributed by atoms with Gasteiger partial charge in [0, 0.05) is 37.3 Å². The van der Waals surface area contributed by atoms with Crippen molar-refractivity contribution in [2.24, 2.45) is 14.1 Å². The lowest BCUT2D eigenvalue weighted by atomic mass is 10.2. The molecule has 0 radical (unpaired) electrons. The fourth-order valence-electron chi connectivity index (χ4n) is 6.72. The van der Waals surface area contributed by atoms with Crippen LogP contribution in [0.1, 0.15) is 5.82 Å². The number of fused-ring (bicyclic) bond motifs is 2. The highest BCUT2D eigenvalue weighted by molar-refractivity contribution is 6.08. The van der Waals surface area contributed by atoms with Crippen LogP contribution in [0.25, 0.3) is 61.5 Å². The molecule has 7 heterocycles. The number of nitrogens with zero attached hydrogens (tertiary/aromatic N) is 11. The van der Waals surface area contributed by atoms with Crippen molar-refractivity contribution in [2.75, 3.05) is 10.6 Å². The number of anilines is 4. The molecule has 0 saturated heterocycles. The maximum absolute atomic E-state index is 5.12. The monoisotopic (exact) mass is 629 g/mol. The largest absolute Gasteiger partial charge is 0.340 e. The zero-order valence-electron chi connectivity index (χ0n) is 26.2. The van der Waals surface area contributed by atoms with E-state index in [-0.39, 0.29) is 0 Å². The van der Waals surface area contributed by atoms with Gasteiger partial charge in [-0.2, -0.15) is 19.9 Å². The van der Waals surface area contributed by atoms with Crippen molar-refractivity contribution >= 4 is 72.9 Å². The van der Waals surface area contributed by atoms with Gasteiger partial charge in [-0.25, -0.2) is 14.4 Å². The van der Waals surface area contributed by atoms with Crippen LogP contribution in [0.3, 0.4) is 0 Å². The van der Waals surface area contributed by atoms with E-state index < -0.39 is 0 Å². The first-order chi connectivity index (χ1) is 23.5. The van der Waals surface area contributed by atoms with Gasteiger partial charge in [-0.15, -0.1) is 0 Å². The van der Waals surface area contributed by atoms with Gasteiger partial charge in [0.25, 0.3) is 0 Å². The second-order valence-electron chi connectivity index (χ2n) is 11.9. The highest BCUT2D eigenvalue weighted by Gasteiger charge is 2.24. The number of hydrogen-bond donors (Lipinski definition) is 2. The third-order valence-electron chi connectivity index (χ3n) is 8.97. The lowest BCUT2D eigenvalue weighted by Gasteiger charge is -2.16. The van der Waals surface area contributed by atoms with E-state index >= 15 is 0 Å². The van der Waals surface area contributed by atoms with E-state index in [1.165, 1.54) is 0 Å². The molecule has 13 nitrogen and oxygen atoms in total. The summed E-state index contributed by atoms with van der Waals surface area (Å²) in [5, 5.41) is 9.01. The molecule has 13 heteroatoms. The van der Waals surface area contributed by atoms with Gasteiger partial charge in [-0.05, 0) is 67.6 Å². The summed E-state index contributed by atoms with van der Waals surface area (Å²) in [6.45, 7) is 1.86. The molecule has 0 amide bonds. The Morgan fingerprint density at radius 3 is 1.50 bits per heavy atom. The van der Waals surface area contributed by atoms with Gasteiger partial charge in [-0.3, -0.25) is 9.13 Å². The molecule has 7 aromatic heterocycles. The maximum atomic E-state index is 5.12. The van der Waals surface area contributed by atoms with Gasteiger partial charge in [0.05, 0.1) is 39.0 Å². The molecule has 10 aromatic rings. The van der Waals surface area contributed by atoms with Crippen molar-refractivity contribution in [2.45, 2.75) is 6.92 Å². The second-order valence-corrected chi connectivity index (χ2v) is 11.9. The molecule has 3 aromatic carbocycles. The third-order valence-corrected chi connectivity index (χ3v) is 8.97. The summed E-state index contributed by atoms with van der Waals surface area (Å²) in [5.74, 6) is 4.95. The lowest BCUT2D eigenvalue weighted by molar-refractivity contribution is 0.930. The number of hydrogen-bond acceptors (Lipinski definition) is 8. The van der Waals surface area contributed by atoms with Crippen LogP contribution in [-0.4, -0.2) is 52.6 Å². The topological polar surface area (TPSA) is 126 Å². The summed E-state index contributed by atoms with van der Waals surface area (Å²) in [7, 11) is 4.02. The number of imidazole rings is 2. The van der Waals surface area contributed by atoms with Gasteiger partial charge in [-0.1, -0.05) is 12.1 Å². The third kappa shape index (κ3) is 3.72. The molecule has 0 atom stereocenters. The molecule has 0 aliphatic rings. The van der Waals surface area contributed by atoms with E-state index in [0.717, 1.165) is 61.4 Å². The number of para-hydroxylation sites is 2. The Morgan fingerprint density at radius 1 is 0.542 bits per heavy atom. The van der Waals surface area contributed by atoms with E-state index in [1.54, 1.807) is 0 Å². The van der Waals surface area contributed by atoms with E-state index in [2.05, 4.69) is 34.9 Å². The summed E-state index contributed by atoms with van der Waals surface area (Å²) >= 11 is 0. The SMILES string of the molecule is Cc1nc2nc(-n3cnc4cccc(Nc5cccn5C)c43)c3ccc4c(-n5cnc6cccc(Nc7cccn7C)c65)nc(n1)n2c34. The quantitative estimate of drug-likeness (QED) is 0.216. The smallest absolute Gasteiger partial charge is 0.240 e. The minimum absolute atomic E-state index is 0.506. The van der Waals surface area contributed by atoms with Crippen LogP contribution in [0.5, 0.6) is 0 Å². The van der Waals surface area contributed by atoms with Crippen molar-refractivity contribution < 1.29 is 0 Å². The Balaban J connectivity index is 1.23. The van der Waals surface area contributed by atoms with Gasteiger partial charge >= 0.3 is 0 Å². The molecular formula is C35H27N13. The number of aryl methyl sites for hydroxylation is 3. The fraction of sp³-hybridized carbons (Fsp3) is 0.0857. The first kappa shape index (κ1) is 26.5. The molecule has 0 fully saturated rings. The zero-order chi connectivity index (χ0) is 32.1. The summed E-state index contributed by atoms with van der Waals surface area (Å²) in [6.07, 6.45) is 7.68. The van der Waals surface area contributed by atoms with Gasteiger partial charge in [0.15, 0.2) is 11.6 Å². The highest BCUT2D eigenvalue weighted by Crippen LogP contribution is 2.37. The van der Waals surface area contributed by atoms with Crippen molar-refractivity contribution in [3.8, 4) is 11.6 Å². The van der Waals surface area contributed by atoms with Crippen LogP contribution in [0.2, 0.25) is 0 Å². The van der Waals surface area contributed by atoms with Crippen LogP contribution < -0.4 is 10.6 Å². The number of rotatable bonds is 6. The Bertz CT molecular complexity index is 2660. The molecule has 10 rings (SSSR count). The molecule has 0 saturated carbocycles. The summed E-state index contributed by atoms with van der Waals surface area (Å²) in [5.41, 5.74) is 6.26.